The highest BCUT2D eigenvalue weighted by atomic mass is 28.3. The van der Waals surface area contributed by atoms with E-state index in [2.05, 4.69) is 75.6 Å². The van der Waals surface area contributed by atoms with E-state index in [1.165, 1.54) is 11.1 Å². The van der Waals surface area contributed by atoms with Gasteiger partial charge in [0.25, 0.3) is 0 Å². The Balaban J connectivity index is 2.92. The first kappa shape index (κ1) is 13.5. The Hall–Kier alpha value is -0.606. The van der Waals surface area contributed by atoms with Crippen LogP contribution in [0, 0.1) is 12.1 Å². The lowest BCUT2D eigenvalue weighted by Crippen LogP contribution is -2.25. The fourth-order valence-electron chi connectivity index (χ4n) is 1.71. The summed E-state index contributed by atoms with van der Waals surface area (Å²) in [5, 5.41) is 0. The first-order chi connectivity index (χ1) is 7.17. The molecule has 0 atom stereocenters. The van der Waals surface area contributed by atoms with Gasteiger partial charge in [-0.15, -0.1) is 12.1 Å². The normalized spacial score (nSPS) is 12.4. The van der Waals surface area contributed by atoms with E-state index in [9.17, 15) is 0 Å². The van der Waals surface area contributed by atoms with Gasteiger partial charge in [0.2, 0.25) is 0 Å². The van der Waals surface area contributed by atoms with Gasteiger partial charge in [0.05, 0.1) is 0 Å². The van der Waals surface area contributed by atoms with Crippen LogP contribution >= 0.6 is 0 Å². The van der Waals surface area contributed by atoms with Crippen molar-refractivity contribution in [2.24, 2.45) is 0 Å². The number of hydrogen-bond acceptors (Lipinski definition) is 0. The van der Waals surface area contributed by atoms with Crippen LogP contribution < -0.4 is 0 Å². The largest absolute Gasteiger partial charge is 0.298 e. The summed E-state index contributed by atoms with van der Waals surface area (Å²) in [7, 11) is -2.27. The standard InChI is InChI=1S/C14H24Si2/c1-15(2,3)11-13-9-7-8-10-14(13)12-16(4,5)6/h7-12H,1-6H3/q-2. The Morgan fingerprint density at radius 1 is 0.688 bits per heavy atom. The van der Waals surface area contributed by atoms with E-state index in [1.54, 1.807) is 0 Å². The van der Waals surface area contributed by atoms with Crippen molar-refractivity contribution in [3.8, 4) is 0 Å². The minimum absolute atomic E-state index is 1.13. The van der Waals surface area contributed by atoms with Crippen LogP contribution in [0.3, 0.4) is 0 Å². The van der Waals surface area contributed by atoms with E-state index < -0.39 is 16.1 Å². The molecule has 0 aliphatic heterocycles. The summed E-state index contributed by atoms with van der Waals surface area (Å²) in [5.74, 6) is 0. The summed E-state index contributed by atoms with van der Waals surface area (Å²) >= 11 is 0. The molecule has 0 aromatic heterocycles. The van der Waals surface area contributed by atoms with Crippen LogP contribution in [0.2, 0.25) is 39.3 Å². The highest BCUT2D eigenvalue weighted by Crippen LogP contribution is 2.22. The van der Waals surface area contributed by atoms with Crippen molar-refractivity contribution in [3.63, 3.8) is 0 Å². The topological polar surface area (TPSA) is 0 Å². The zero-order valence-corrected chi connectivity index (χ0v) is 13.5. The third-order valence-electron chi connectivity index (χ3n) is 2.17. The van der Waals surface area contributed by atoms with Crippen molar-refractivity contribution >= 4 is 16.1 Å². The van der Waals surface area contributed by atoms with Gasteiger partial charge in [-0.25, -0.2) is 24.2 Å². The lowest BCUT2D eigenvalue weighted by atomic mass is 10.1. The third kappa shape index (κ3) is 4.95. The number of rotatable bonds is 4. The maximum atomic E-state index is 2.50. The average molecular weight is 249 g/mol. The first-order valence-corrected chi connectivity index (χ1v) is 13.1. The molecule has 0 aliphatic rings. The summed E-state index contributed by atoms with van der Waals surface area (Å²) in [4.78, 5) is 0. The monoisotopic (exact) mass is 248 g/mol. The number of benzene rings is 1. The Kier molecular flexibility index (Phi) is 3.97. The summed E-state index contributed by atoms with van der Waals surface area (Å²) in [6, 6.07) is 13.8. The van der Waals surface area contributed by atoms with Gasteiger partial charge in [0.15, 0.2) is 0 Å². The van der Waals surface area contributed by atoms with Crippen molar-refractivity contribution in [1.82, 2.24) is 0 Å². The van der Waals surface area contributed by atoms with Gasteiger partial charge >= 0.3 is 0 Å². The lowest BCUT2D eigenvalue weighted by Gasteiger charge is -2.36. The van der Waals surface area contributed by atoms with Crippen LogP contribution in [0.4, 0.5) is 0 Å². The molecule has 1 aromatic rings. The van der Waals surface area contributed by atoms with Crippen LogP contribution in [0.15, 0.2) is 24.3 Å². The van der Waals surface area contributed by atoms with Crippen molar-refractivity contribution < 1.29 is 0 Å². The Bertz CT molecular complexity index is 307. The molecule has 0 amide bonds. The Labute approximate surface area is 103 Å². The van der Waals surface area contributed by atoms with Gasteiger partial charge in [-0.1, -0.05) is 39.3 Å². The molecule has 0 saturated carbocycles. The molecule has 16 heavy (non-hydrogen) atoms. The van der Waals surface area contributed by atoms with Gasteiger partial charge in [-0.3, -0.25) is 11.1 Å². The molecule has 0 unspecified atom stereocenters. The van der Waals surface area contributed by atoms with E-state index in [4.69, 9.17) is 0 Å². The molecule has 0 radical (unpaired) electrons. The molecule has 90 valence electrons. The van der Waals surface area contributed by atoms with Gasteiger partial charge in [0.1, 0.15) is 0 Å². The molecule has 0 spiro atoms. The maximum absolute atomic E-state index is 2.50. The fraction of sp³-hybridized carbons (Fsp3) is 0.429. The zero-order valence-electron chi connectivity index (χ0n) is 11.5. The predicted molar refractivity (Wildman–Crippen MR) is 79.9 cm³/mol. The highest BCUT2D eigenvalue weighted by molar-refractivity contribution is 6.81. The molecule has 1 rings (SSSR count). The molecular formula is C14H24Si2-2. The molecule has 0 N–H and O–H groups in total. The molecule has 1 aromatic carbocycles. The molecule has 0 bridgehead atoms. The molecule has 0 fully saturated rings. The third-order valence-corrected chi connectivity index (χ3v) is 4.53. The highest BCUT2D eigenvalue weighted by Gasteiger charge is 2.08. The van der Waals surface area contributed by atoms with Crippen molar-refractivity contribution in [2.45, 2.75) is 39.3 Å². The smallest absolute Gasteiger partial charge is 0.00325 e. The minimum Gasteiger partial charge on any atom is -0.298 e. The quantitative estimate of drug-likeness (QED) is 0.542. The molecule has 0 heterocycles. The summed E-state index contributed by atoms with van der Waals surface area (Å²) in [6.07, 6.45) is 0. The van der Waals surface area contributed by atoms with Crippen LogP contribution in [-0.2, 0) is 0 Å². The summed E-state index contributed by atoms with van der Waals surface area (Å²) in [6.45, 7) is 14.3. The van der Waals surface area contributed by atoms with E-state index in [0.29, 0.717) is 0 Å². The summed E-state index contributed by atoms with van der Waals surface area (Å²) < 4.78 is 0. The van der Waals surface area contributed by atoms with E-state index >= 15 is 0 Å². The van der Waals surface area contributed by atoms with Gasteiger partial charge < -0.3 is 0 Å². The Morgan fingerprint density at radius 2 is 1.00 bits per heavy atom. The molecule has 0 nitrogen and oxygen atoms in total. The van der Waals surface area contributed by atoms with Crippen LogP contribution in [0.1, 0.15) is 11.1 Å². The predicted octanol–water partition coefficient (Wildman–Crippen LogP) is 4.55. The second-order valence-corrected chi connectivity index (χ2v) is 16.7. The van der Waals surface area contributed by atoms with Crippen LogP contribution in [-0.4, -0.2) is 16.1 Å². The second kappa shape index (κ2) is 4.72. The van der Waals surface area contributed by atoms with Crippen LogP contribution in [0.25, 0.3) is 0 Å². The minimum atomic E-state index is -1.13. The van der Waals surface area contributed by atoms with E-state index in [0.717, 1.165) is 0 Å². The maximum Gasteiger partial charge on any atom is -0.00325 e. The van der Waals surface area contributed by atoms with Crippen LogP contribution in [0.5, 0.6) is 0 Å². The van der Waals surface area contributed by atoms with Gasteiger partial charge in [-0.2, -0.15) is 0 Å². The van der Waals surface area contributed by atoms with Gasteiger partial charge in [-0.05, 0) is 16.1 Å². The van der Waals surface area contributed by atoms with E-state index in [-0.39, 0.29) is 0 Å². The van der Waals surface area contributed by atoms with Gasteiger partial charge in [0, 0.05) is 0 Å². The SMILES string of the molecule is C[Si](C)(C)[CH-]c1ccccc1[CH-][Si](C)(C)C. The molecular weight excluding hydrogens is 224 g/mol. The van der Waals surface area contributed by atoms with Crippen molar-refractivity contribution in [3.05, 3.63) is 47.5 Å². The molecule has 2 heteroatoms. The lowest BCUT2D eigenvalue weighted by molar-refractivity contribution is 1.43. The first-order valence-electron chi connectivity index (χ1n) is 5.98. The van der Waals surface area contributed by atoms with Crippen molar-refractivity contribution in [1.29, 1.82) is 0 Å². The Morgan fingerprint density at radius 3 is 1.25 bits per heavy atom. The van der Waals surface area contributed by atoms with E-state index in [1.807, 2.05) is 0 Å². The fourth-order valence-corrected chi connectivity index (χ4v) is 4.10. The molecule has 0 aliphatic carbocycles. The van der Waals surface area contributed by atoms with Crippen molar-refractivity contribution in [2.75, 3.05) is 0 Å². The average Bonchev–Trinajstić information content (AvgIpc) is 2.03. The summed E-state index contributed by atoms with van der Waals surface area (Å²) in [5.41, 5.74) is 2.87. The number of hydrogen-bond donors (Lipinski definition) is 0. The second-order valence-electron chi connectivity index (χ2n) is 6.65. The molecule has 0 saturated heterocycles. The zero-order chi connectivity index (χ0) is 12.4.